The summed E-state index contributed by atoms with van der Waals surface area (Å²) >= 11 is 1.59. The van der Waals surface area contributed by atoms with E-state index in [0.29, 0.717) is 12.5 Å². The van der Waals surface area contributed by atoms with Crippen molar-refractivity contribution in [2.45, 2.75) is 25.7 Å². The zero-order valence-corrected chi connectivity index (χ0v) is 13.0. The van der Waals surface area contributed by atoms with Gasteiger partial charge in [-0.25, -0.2) is 4.98 Å². The van der Waals surface area contributed by atoms with E-state index in [4.69, 9.17) is 0 Å². The first-order valence-electron chi connectivity index (χ1n) is 7.35. The second kappa shape index (κ2) is 6.31. The predicted octanol–water partition coefficient (Wildman–Crippen LogP) is 1.58. The van der Waals surface area contributed by atoms with Crippen LogP contribution >= 0.6 is 11.3 Å². The van der Waals surface area contributed by atoms with Crippen molar-refractivity contribution in [1.82, 2.24) is 15.3 Å². The Morgan fingerprint density at radius 3 is 3.05 bits per heavy atom. The quantitative estimate of drug-likeness (QED) is 0.731. The zero-order valence-electron chi connectivity index (χ0n) is 12.2. The maximum atomic E-state index is 12.3. The van der Waals surface area contributed by atoms with Crippen LogP contribution in [0.25, 0.3) is 10.2 Å². The highest BCUT2D eigenvalue weighted by molar-refractivity contribution is 7.18. The van der Waals surface area contributed by atoms with E-state index in [9.17, 15) is 9.59 Å². The fraction of sp³-hybridized carbons (Fsp3) is 0.400. The molecule has 3 rings (SSSR count). The highest BCUT2D eigenvalue weighted by Gasteiger charge is 2.19. The molecule has 7 heteroatoms. The van der Waals surface area contributed by atoms with Crippen LogP contribution in [0.5, 0.6) is 0 Å². The number of thiophene rings is 1. The van der Waals surface area contributed by atoms with Crippen molar-refractivity contribution in [2.75, 3.05) is 18.4 Å². The fourth-order valence-corrected chi connectivity index (χ4v) is 3.92. The molecular weight excluding hydrogens is 300 g/mol. The summed E-state index contributed by atoms with van der Waals surface area (Å²) in [6.45, 7) is 4.02. The molecule has 1 aliphatic carbocycles. The number of hydrogen-bond donors (Lipinski definition) is 3. The van der Waals surface area contributed by atoms with Gasteiger partial charge in [-0.05, 0) is 31.2 Å². The van der Waals surface area contributed by atoms with Crippen molar-refractivity contribution in [3.8, 4) is 0 Å². The molecule has 1 amide bonds. The Labute approximate surface area is 131 Å². The largest absolute Gasteiger partial charge is 0.351 e. The average Bonchev–Trinajstić information content (AvgIpc) is 2.89. The standard InChI is InChI=1S/C15H18N4O2S/c1-2-7-16-11(20)8-17-15-18-13(21)12-9-5-3-4-6-10(9)22-14(12)19-15/h2H,1,3-8H2,(H,16,20)(H2,17,18,19,21). The molecule has 0 fully saturated rings. The minimum atomic E-state index is -0.173. The summed E-state index contributed by atoms with van der Waals surface area (Å²) in [5.41, 5.74) is 1.04. The third-order valence-corrected chi connectivity index (χ3v) is 4.87. The van der Waals surface area contributed by atoms with Gasteiger partial charge in [0, 0.05) is 11.4 Å². The molecule has 0 atom stereocenters. The van der Waals surface area contributed by atoms with Gasteiger partial charge in [-0.1, -0.05) is 6.08 Å². The molecule has 0 aliphatic heterocycles. The van der Waals surface area contributed by atoms with E-state index in [1.165, 1.54) is 11.3 Å². The molecule has 0 saturated heterocycles. The number of aromatic amines is 1. The minimum absolute atomic E-state index is 0.0629. The molecule has 116 valence electrons. The van der Waals surface area contributed by atoms with E-state index in [1.807, 2.05) is 0 Å². The van der Waals surface area contributed by atoms with Crippen molar-refractivity contribution in [1.29, 1.82) is 0 Å². The number of H-pyrrole nitrogens is 1. The van der Waals surface area contributed by atoms with Crippen LogP contribution in [0.4, 0.5) is 5.95 Å². The lowest BCUT2D eigenvalue weighted by Crippen LogP contribution is -2.30. The lowest BCUT2D eigenvalue weighted by atomic mass is 9.97. The van der Waals surface area contributed by atoms with Gasteiger partial charge in [-0.15, -0.1) is 17.9 Å². The predicted molar refractivity (Wildman–Crippen MR) is 88.6 cm³/mol. The summed E-state index contributed by atoms with van der Waals surface area (Å²) in [6.07, 6.45) is 5.90. The van der Waals surface area contributed by atoms with E-state index >= 15 is 0 Å². The first-order valence-corrected chi connectivity index (χ1v) is 8.16. The summed E-state index contributed by atoms with van der Waals surface area (Å²) in [7, 11) is 0. The van der Waals surface area contributed by atoms with Gasteiger partial charge >= 0.3 is 0 Å². The van der Waals surface area contributed by atoms with Crippen LogP contribution in [0.2, 0.25) is 0 Å². The van der Waals surface area contributed by atoms with E-state index in [1.54, 1.807) is 17.4 Å². The van der Waals surface area contributed by atoms with Crippen LogP contribution in [0.15, 0.2) is 17.4 Å². The van der Waals surface area contributed by atoms with Crippen molar-refractivity contribution >= 4 is 33.4 Å². The molecule has 3 N–H and O–H groups in total. The first kappa shape index (κ1) is 14.8. The van der Waals surface area contributed by atoms with Crippen LogP contribution < -0.4 is 16.2 Å². The molecular formula is C15H18N4O2S. The number of aromatic nitrogens is 2. The Hall–Kier alpha value is -2.15. The zero-order chi connectivity index (χ0) is 15.5. The molecule has 0 aromatic carbocycles. The molecule has 0 spiro atoms. The minimum Gasteiger partial charge on any atom is -0.351 e. The summed E-state index contributed by atoms with van der Waals surface area (Å²) in [4.78, 5) is 33.1. The number of amides is 1. The maximum Gasteiger partial charge on any atom is 0.261 e. The van der Waals surface area contributed by atoms with Crippen molar-refractivity contribution in [3.05, 3.63) is 33.4 Å². The van der Waals surface area contributed by atoms with Crippen molar-refractivity contribution in [3.63, 3.8) is 0 Å². The number of nitrogens with zero attached hydrogens (tertiary/aromatic N) is 1. The summed E-state index contributed by atoms with van der Waals surface area (Å²) in [5.74, 6) is 0.165. The molecule has 22 heavy (non-hydrogen) atoms. The van der Waals surface area contributed by atoms with Crippen LogP contribution in [0.3, 0.4) is 0 Å². The van der Waals surface area contributed by atoms with E-state index in [0.717, 1.165) is 35.0 Å². The average molecular weight is 318 g/mol. The summed E-state index contributed by atoms with van der Waals surface area (Å²) < 4.78 is 0. The van der Waals surface area contributed by atoms with Gasteiger partial charge in [0.15, 0.2) is 0 Å². The first-order chi connectivity index (χ1) is 10.7. The highest BCUT2D eigenvalue weighted by Crippen LogP contribution is 2.33. The second-order valence-corrected chi connectivity index (χ2v) is 6.34. The molecule has 6 nitrogen and oxygen atoms in total. The number of carbonyl (C=O) groups excluding carboxylic acids is 1. The number of hydrogen-bond acceptors (Lipinski definition) is 5. The molecule has 0 radical (unpaired) electrons. The van der Waals surface area contributed by atoms with Gasteiger partial charge < -0.3 is 10.6 Å². The van der Waals surface area contributed by atoms with Gasteiger partial charge in [0.25, 0.3) is 5.56 Å². The van der Waals surface area contributed by atoms with Crippen LogP contribution in [0.1, 0.15) is 23.3 Å². The molecule has 1 aliphatic rings. The molecule has 2 aromatic rings. The molecule has 0 saturated carbocycles. The fourth-order valence-electron chi connectivity index (χ4n) is 2.66. The number of fused-ring (bicyclic) bond motifs is 3. The van der Waals surface area contributed by atoms with Gasteiger partial charge in [0.1, 0.15) is 4.83 Å². The van der Waals surface area contributed by atoms with Gasteiger partial charge in [0.2, 0.25) is 11.9 Å². The van der Waals surface area contributed by atoms with Gasteiger partial charge in [0.05, 0.1) is 11.9 Å². The third kappa shape index (κ3) is 2.89. The highest BCUT2D eigenvalue weighted by atomic mass is 32.1. The molecule has 2 heterocycles. The van der Waals surface area contributed by atoms with Crippen molar-refractivity contribution in [2.24, 2.45) is 0 Å². The van der Waals surface area contributed by atoms with E-state index in [-0.39, 0.29) is 18.0 Å². The molecule has 2 aromatic heterocycles. The topological polar surface area (TPSA) is 86.9 Å². The lowest BCUT2D eigenvalue weighted by Gasteiger charge is -2.09. The third-order valence-electron chi connectivity index (χ3n) is 3.69. The Morgan fingerprint density at radius 2 is 2.23 bits per heavy atom. The monoisotopic (exact) mass is 318 g/mol. The number of carbonyl (C=O) groups is 1. The normalized spacial score (nSPS) is 13.6. The van der Waals surface area contributed by atoms with Crippen LogP contribution in [0, 0.1) is 0 Å². The second-order valence-electron chi connectivity index (χ2n) is 5.25. The van der Waals surface area contributed by atoms with Gasteiger partial charge in [-0.3, -0.25) is 14.6 Å². The Balaban J connectivity index is 1.82. The Bertz CT molecular complexity index is 778. The van der Waals surface area contributed by atoms with Crippen LogP contribution in [-0.2, 0) is 17.6 Å². The van der Waals surface area contributed by atoms with E-state index in [2.05, 4.69) is 27.2 Å². The Kier molecular flexibility index (Phi) is 4.24. The summed E-state index contributed by atoms with van der Waals surface area (Å²) in [5, 5.41) is 6.24. The SMILES string of the molecule is C=CCNC(=O)CNc1nc2sc3c(c2c(=O)[nH]1)CCCC3. The number of rotatable bonds is 5. The maximum absolute atomic E-state index is 12.3. The number of nitrogens with one attached hydrogen (secondary N) is 3. The van der Waals surface area contributed by atoms with Crippen molar-refractivity contribution < 1.29 is 4.79 Å². The smallest absolute Gasteiger partial charge is 0.261 e. The Morgan fingerprint density at radius 1 is 1.41 bits per heavy atom. The van der Waals surface area contributed by atoms with Crippen LogP contribution in [-0.4, -0.2) is 29.0 Å². The van der Waals surface area contributed by atoms with E-state index < -0.39 is 0 Å². The van der Waals surface area contributed by atoms with Gasteiger partial charge in [-0.2, -0.15) is 0 Å². The molecule has 0 unspecified atom stereocenters. The lowest BCUT2D eigenvalue weighted by molar-refractivity contribution is -0.119. The number of anilines is 1. The summed E-state index contributed by atoms with van der Waals surface area (Å²) in [6, 6.07) is 0. The molecule has 0 bridgehead atoms. The number of aryl methyl sites for hydroxylation is 2.